The van der Waals surface area contributed by atoms with E-state index < -0.39 is 0 Å². The highest BCUT2D eigenvalue weighted by Gasteiger charge is 2.01. The van der Waals surface area contributed by atoms with Crippen LogP contribution in [-0.4, -0.2) is 15.9 Å². The first kappa shape index (κ1) is 13.6. The van der Waals surface area contributed by atoms with Crippen molar-refractivity contribution in [1.82, 2.24) is 4.98 Å². The van der Waals surface area contributed by atoms with Crippen LogP contribution in [0.25, 0.3) is 16.8 Å². The Morgan fingerprint density at radius 1 is 1.37 bits per heavy atom. The number of carbonyl (C=O) groups excluding carboxylic acids is 1. The average molecular weight is 272 g/mol. The Bertz CT molecular complexity index is 623. The van der Waals surface area contributed by atoms with E-state index in [0.29, 0.717) is 5.82 Å². The molecule has 2 rings (SSSR count). The first-order chi connectivity index (χ1) is 9.18. The molecule has 0 fully saturated rings. The van der Waals surface area contributed by atoms with Crippen molar-refractivity contribution in [1.29, 1.82) is 0 Å². The second-order valence-corrected chi connectivity index (χ2v) is 5.45. The predicted octanol–water partition coefficient (Wildman–Crippen LogP) is 3.50. The zero-order chi connectivity index (χ0) is 13.7. The van der Waals surface area contributed by atoms with Crippen LogP contribution in [0, 0.1) is 0 Å². The van der Waals surface area contributed by atoms with Crippen molar-refractivity contribution in [2.24, 2.45) is 0 Å². The molecule has 0 amide bonds. The highest BCUT2D eigenvalue weighted by Crippen LogP contribution is 2.23. The number of nitrogen functional groups attached to an aromatic ring is 1. The van der Waals surface area contributed by atoms with Crippen LogP contribution in [0.2, 0.25) is 0 Å². The van der Waals surface area contributed by atoms with Crippen LogP contribution in [0.5, 0.6) is 0 Å². The Morgan fingerprint density at radius 3 is 2.84 bits per heavy atom. The molecular formula is C15H16N2OS. The Kier molecular flexibility index (Phi) is 4.58. The van der Waals surface area contributed by atoms with Crippen molar-refractivity contribution in [3.63, 3.8) is 0 Å². The normalized spacial score (nSPS) is 11.2. The summed E-state index contributed by atoms with van der Waals surface area (Å²) in [5.74, 6) is 1.37. The zero-order valence-electron chi connectivity index (χ0n) is 10.8. The number of hydrogen-bond donors (Lipinski definition) is 1. The lowest BCUT2D eigenvalue weighted by atomic mass is 10.1. The molecular weight excluding hydrogens is 256 g/mol. The van der Waals surface area contributed by atoms with Gasteiger partial charge in [0.15, 0.2) is 5.12 Å². The van der Waals surface area contributed by atoms with Gasteiger partial charge < -0.3 is 5.73 Å². The summed E-state index contributed by atoms with van der Waals surface area (Å²) in [6, 6.07) is 7.96. The minimum absolute atomic E-state index is 0.160. The number of hydrogen-bond acceptors (Lipinski definition) is 4. The topological polar surface area (TPSA) is 56.0 Å². The van der Waals surface area contributed by atoms with Crippen molar-refractivity contribution >= 4 is 39.5 Å². The van der Waals surface area contributed by atoms with Crippen LogP contribution in [0.15, 0.2) is 36.5 Å². The molecule has 1 aromatic carbocycles. The number of nitrogens with two attached hydrogens (primary N) is 1. The second-order valence-electron chi connectivity index (χ2n) is 4.18. The van der Waals surface area contributed by atoms with E-state index >= 15 is 0 Å². The summed E-state index contributed by atoms with van der Waals surface area (Å²) in [5, 5.41) is 2.24. The summed E-state index contributed by atoms with van der Waals surface area (Å²) in [4.78, 5) is 15.0. The minimum Gasteiger partial charge on any atom is -0.383 e. The van der Waals surface area contributed by atoms with Crippen molar-refractivity contribution in [2.45, 2.75) is 13.3 Å². The molecule has 1 aromatic heterocycles. The van der Waals surface area contributed by atoms with Gasteiger partial charge in [-0.05, 0) is 11.8 Å². The van der Waals surface area contributed by atoms with Crippen LogP contribution in [0.3, 0.4) is 0 Å². The SMILES string of the molecule is CC(=O)SCCC=Cc1cnc(N)c2ccccc12. The Morgan fingerprint density at radius 2 is 2.11 bits per heavy atom. The fourth-order valence-corrected chi connectivity index (χ4v) is 2.39. The third-order valence-corrected chi connectivity index (χ3v) is 3.59. The first-order valence-electron chi connectivity index (χ1n) is 6.11. The van der Waals surface area contributed by atoms with Gasteiger partial charge in [0.05, 0.1) is 0 Å². The number of thioether (sulfide) groups is 1. The molecule has 0 aliphatic carbocycles. The highest BCUT2D eigenvalue weighted by atomic mass is 32.2. The predicted molar refractivity (Wildman–Crippen MR) is 82.9 cm³/mol. The maximum Gasteiger partial charge on any atom is 0.185 e. The summed E-state index contributed by atoms with van der Waals surface area (Å²) >= 11 is 1.35. The molecule has 0 aliphatic heterocycles. The van der Waals surface area contributed by atoms with E-state index in [4.69, 9.17) is 5.73 Å². The van der Waals surface area contributed by atoms with E-state index in [2.05, 4.69) is 11.1 Å². The van der Waals surface area contributed by atoms with Crippen LogP contribution in [0.4, 0.5) is 5.82 Å². The lowest BCUT2D eigenvalue weighted by Crippen LogP contribution is -1.92. The van der Waals surface area contributed by atoms with E-state index in [1.165, 1.54) is 11.8 Å². The fraction of sp³-hybridized carbons (Fsp3) is 0.200. The van der Waals surface area contributed by atoms with Crippen molar-refractivity contribution in [3.8, 4) is 0 Å². The highest BCUT2D eigenvalue weighted by molar-refractivity contribution is 8.13. The summed E-state index contributed by atoms with van der Waals surface area (Å²) in [5.41, 5.74) is 6.91. The summed E-state index contributed by atoms with van der Waals surface area (Å²) in [6.07, 6.45) is 6.75. The minimum atomic E-state index is 0.160. The molecule has 1 heterocycles. The van der Waals surface area contributed by atoms with Gasteiger partial charge in [0.2, 0.25) is 0 Å². The summed E-state index contributed by atoms with van der Waals surface area (Å²) in [7, 11) is 0. The van der Waals surface area contributed by atoms with Gasteiger partial charge in [-0.3, -0.25) is 4.79 Å². The number of rotatable bonds is 4. The average Bonchev–Trinajstić information content (AvgIpc) is 2.41. The molecule has 2 aromatic rings. The maximum atomic E-state index is 10.8. The van der Waals surface area contributed by atoms with Gasteiger partial charge in [-0.15, -0.1) is 0 Å². The van der Waals surface area contributed by atoms with E-state index in [0.717, 1.165) is 28.5 Å². The van der Waals surface area contributed by atoms with Crippen molar-refractivity contribution < 1.29 is 4.79 Å². The lowest BCUT2D eigenvalue weighted by Gasteiger charge is -2.04. The van der Waals surface area contributed by atoms with Crippen LogP contribution < -0.4 is 5.73 Å². The number of allylic oxidation sites excluding steroid dienone is 1. The molecule has 3 nitrogen and oxygen atoms in total. The Balaban J connectivity index is 2.15. The molecule has 0 spiro atoms. The van der Waals surface area contributed by atoms with Crippen LogP contribution in [-0.2, 0) is 4.79 Å². The van der Waals surface area contributed by atoms with Crippen LogP contribution in [0.1, 0.15) is 18.9 Å². The number of benzene rings is 1. The monoisotopic (exact) mass is 272 g/mol. The lowest BCUT2D eigenvalue weighted by molar-refractivity contribution is -0.109. The molecule has 19 heavy (non-hydrogen) atoms. The molecule has 0 radical (unpaired) electrons. The standard InChI is InChI=1S/C15H16N2OS/c1-11(18)19-9-5-4-6-12-10-17-15(16)14-8-3-2-7-13(12)14/h2-4,6-8,10H,5,9H2,1H3,(H2,16,17). The molecule has 0 atom stereocenters. The van der Waals surface area contributed by atoms with Gasteiger partial charge in [0.1, 0.15) is 5.82 Å². The molecule has 0 saturated heterocycles. The van der Waals surface area contributed by atoms with Gasteiger partial charge in [-0.2, -0.15) is 0 Å². The zero-order valence-corrected chi connectivity index (χ0v) is 11.6. The van der Waals surface area contributed by atoms with Gasteiger partial charge in [-0.1, -0.05) is 48.2 Å². The molecule has 2 N–H and O–H groups in total. The quantitative estimate of drug-likeness (QED) is 0.865. The molecule has 4 heteroatoms. The first-order valence-corrected chi connectivity index (χ1v) is 7.10. The van der Waals surface area contributed by atoms with Crippen molar-refractivity contribution in [3.05, 3.63) is 42.1 Å². The van der Waals surface area contributed by atoms with Gasteiger partial charge in [0, 0.05) is 29.8 Å². The Labute approximate surface area is 116 Å². The van der Waals surface area contributed by atoms with Crippen molar-refractivity contribution in [2.75, 3.05) is 11.5 Å². The molecule has 0 unspecified atom stereocenters. The number of anilines is 1. The number of carbonyl (C=O) groups is 1. The number of aromatic nitrogens is 1. The summed E-state index contributed by atoms with van der Waals surface area (Å²) in [6.45, 7) is 1.59. The van der Waals surface area contributed by atoms with Gasteiger partial charge >= 0.3 is 0 Å². The number of pyridine rings is 1. The molecule has 0 saturated carbocycles. The Hall–Kier alpha value is -1.81. The smallest absolute Gasteiger partial charge is 0.185 e. The van der Waals surface area contributed by atoms with E-state index in [9.17, 15) is 4.79 Å². The fourth-order valence-electron chi connectivity index (χ4n) is 1.85. The summed E-state index contributed by atoms with van der Waals surface area (Å²) < 4.78 is 0. The molecule has 0 aliphatic rings. The van der Waals surface area contributed by atoms with E-state index in [-0.39, 0.29) is 5.12 Å². The van der Waals surface area contributed by atoms with Crippen LogP contribution >= 0.6 is 11.8 Å². The van der Waals surface area contributed by atoms with E-state index in [1.807, 2.05) is 30.3 Å². The van der Waals surface area contributed by atoms with Gasteiger partial charge in [0.25, 0.3) is 0 Å². The van der Waals surface area contributed by atoms with E-state index in [1.54, 1.807) is 13.1 Å². The second kappa shape index (κ2) is 6.38. The van der Waals surface area contributed by atoms with Gasteiger partial charge in [-0.25, -0.2) is 4.98 Å². The molecule has 98 valence electrons. The third kappa shape index (κ3) is 3.58. The maximum absolute atomic E-state index is 10.8. The largest absolute Gasteiger partial charge is 0.383 e. The number of fused-ring (bicyclic) bond motifs is 1. The number of nitrogens with zero attached hydrogens (tertiary/aromatic N) is 1. The molecule has 0 bridgehead atoms. The third-order valence-electron chi connectivity index (χ3n) is 2.74.